The highest BCUT2D eigenvalue weighted by Gasteiger charge is 2.52. The maximum Gasteiger partial charge on any atom is 0.445 e. The van der Waals surface area contributed by atoms with Crippen LogP contribution in [0.5, 0.6) is 0 Å². The van der Waals surface area contributed by atoms with Crippen LogP contribution in [-0.2, 0) is 10.9 Å². The van der Waals surface area contributed by atoms with Crippen molar-refractivity contribution < 1.29 is 17.9 Å². The largest absolute Gasteiger partial charge is 0.445 e. The quantitative estimate of drug-likeness (QED) is 0.848. The molecule has 3 rings (SSSR count). The van der Waals surface area contributed by atoms with Crippen LogP contribution < -0.4 is 11.1 Å². The third-order valence-corrected chi connectivity index (χ3v) is 4.30. The second kappa shape index (κ2) is 4.04. The molecule has 0 radical (unpaired) electrons. The normalized spacial score (nSPS) is 35.1. The molecule has 0 spiro atoms. The molecule has 100 valence electrons. The average molecular weight is 280 g/mol. The van der Waals surface area contributed by atoms with E-state index in [-0.39, 0.29) is 23.3 Å². The molecule has 4 atom stereocenters. The number of fused-ring (bicyclic) bond motifs is 1. The Bertz CT molecular complexity index is 451. The van der Waals surface area contributed by atoms with Gasteiger partial charge in [0.1, 0.15) is 0 Å². The zero-order valence-electron chi connectivity index (χ0n) is 9.15. The number of nitrogens with two attached hydrogens (primary N) is 1. The molecular weight excluding hydrogens is 269 g/mol. The maximum absolute atomic E-state index is 12.4. The minimum atomic E-state index is -4.45. The van der Waals surface area contributed by atoms with Crippen molar-refractivity contribution in [3.63, 3.8) is 0 Å². The number of anilines is 1. The Morgan fingerprint density at radius 3 is 2.83 bits per heavy atom. The van der Waals surface area contributed by atoms with Gasteiger partial charge < -0.3 is 15.8 Å². The van der Waals surface area contributed by atoms with E-state index in [4.69, 9.17) is 10.5 Å². The highest BCUT2D eigenvalue weighted by atomic mass is 32.1. The van der Waals surface area contributed by atoms with Gasteiger partial charge in [0.2, 0.25) is 10.1 Å². The number of aromatic nitrogens is 2. The van der Waals surface area contributed by atoms with Gasteiger partial charge in [0.05, 0.1) is 12.1 Å². The van der Waals surface area contributed by atoms with E-state index in [0.29, 0.717) is 23.9 Å². The lowest BCUT2D eigenvalue weighted by molar-refractivity contribution is -0.138. The van der Waals surface area contributed by atoms with Crippen LogP contribution in [0.25, 0.3) is 0 Å². The van der Waals surface area contributed by atoms with Crippen molar-refractivity contribution in [2.75, 3.05) is 11.9 Å². The summed E-state index contributed by atoms with van der Waals surface area (Å²) >= 11 is 0.484. The number of halogens is 3. The lowest BCUT2D eigenvalue weighted by atomic mass is 9.72. The monoisotopic (exact) mass is 280 g/mol. The summed E-state index contributed by atoms with van der Waals surface area (Å²) in [6, 6.07) is -0.276. The third-order valence-electron chi connectivity index (χ3n) is 3.40. The van der Waals surface area contributed by atoms with Crippen LogP contribution >= 0.6 is 11.3 Å². The Hall–Kier alpha value is -0.930. The Morgan fingerprint density at radius 2 is 2.17 bits per heavy atom. The lowest BCUT2D eigenvalue weighted by Crippen LogP contribution is -2.65. The first kappa shape index (κ1) is 12.1. The van der Waals surface area contributed by atoms with E-state index in [1.54, 1.807) is 0 Å². The highest BCUT2D eigenvalue weighted by molar-refractivity contribution is 7.15. The fraction of sp³-hybridized carbons (Fsp3) is 0.778. The van der Waals surface area contributed by atoms with Crippen molar-refractivity contribution in [2.45, 2.75) is 30.8 Å². The van der Waals surface area contributed by atoms with E-state index in [9.17, 15) is 13.2 Å². The molecule has 9 heteroatoms. The van der Waals surface area contributed by atoms with Gasteiger partial charge in [0.15, 0.2) is 0 Å². The second-order valence-corrected chi connectivity index (χ2v) is 5.42. The smallest absolute Gasteiger partial charge is 0.376 e. The minimum Gasteiger partial charge on any atom is -0.376 e. The molecule has 1 aliphatic heterocycles. The van der Waals surface area contributed by atoms with Gasteiger partial charge in [-0.05, 0) is 6.42 Å². The molecule has 1 aromatic heterocycles. The zero-order chi connectivity index (χ0) is 12.9. The van der Waals surface area contributed by atoms with E-state index >= 15 is 0 Å². The van der Waals surface area contributed by atoms with Gasteiger partial charge >= 0.3 is 6.18 Å². The predicted molar refractivity (Wildman–Crippen MR) is 58.1 cm³/mol. The van der Waals surface area contributed by atoms with E-state index in [2.05, 4.69) is 15.5 Å². The van der Waals surface area contributed by atoms with Gasteiger partial charge in [-0.3, -0.25) is 0 Å². The number of ether oxygens (including phenoxy) is 1. The minimum absolute atomic E-state index is 0.0155. The van der Waals surface area contributed by atoms with E-state index in [1.807, 2.05) is 0 Å². The first-order chi connectivity index (χ1) is 8.47. The molecule has 1 saturated carbocycles. The fourth-order valence-corrected chi connectivity index (χ4v) is 3.12. The number of hydrogen-bond donors (Lipinski definition) is 2. The van der Waals surface area contributed by atoms with E-state index in [0.717, 1.165) is 6.42 Å². The summed E-state index contributed by atoms with van der Waals surface area (Å²) in [6.45, 7) is 0.658. The number of hydrogen-bond acceptors (Lipinski definition) is 6. The van der Waals surface area contributed by atoms with Crippen LogP contribution in [0.1, 0.15) is 11.4 Å². The predicted octanol–water partition coefficient (Wildman–Crippen LogP) is 1.08. The summed E-state index contributed by atoms with van der Waals surface area (Å²) in [5, 5.41) is 8.65. The van der Waals surface area contributed by atoms with Crippen molar-refractivity contribution in [1.82, 2.24) is 10.2 Å². The van der Waals surface area contributed by atoms with Gasteiger partial charge in [0, 0.05) is 18.6 Å². The Kier molecular flexibility index (Phi) is 2.72. The summed E-state index contributed by atoms with van der Waals surface area (Å²) < 4.78 is 42.5. The molecule has 0 bridgehead atoms. The third kappa shape index (κ3) is 1.86. The molecule has 5 nitrogen and oxygen atoms in total. The van der Waals surface area contributed by atoms with Gasteiger partial charge in [-0.25, -0.2) is 0 Å². The molecule has 18 heavy (non-hydrogen) atoms. The van der Waals surface area contributed by atoms with Crippen molar-refractivity contribution in [3.8, 4) is 0 Å². The first-order valence-corrected chi connectivity index (χ1v) is 6.33. The van der Waals surface area contributed by atoms with Gasteiger partial charge in [-0.2, -0.15) is 13.2 Å². The summed E-state index contributed by atoms with van der Waals surface area (Å²) in [6.07, 6.45) is -3.56. The summed E-state index contributed by atoms with van der Waals surface area (Å²) in [4.78, 5) is 0. The van der Waals surface area contributed by atoms with Crippen LogP contribution in [-0.4, -0.2) is 35.0 Å². The molecule has 4 unspecified atom stereocenters. The molecule has 2 heterocycles. The van der Waals surface area contributed by atoms with Crippen LogP contribution in [0.15, 0.2) is 0 Å². The summed E-state index contributed by atoms with van der Waals surface area (Å²) in [5.41, 5.74) is 5.94. The van der Waals surface area contributed by atoms with Gasteiger partial charge in [0.25, 0.3) is 0 Å². The van der Waals surface area contributed by atoms with Crippen molar-refractivity contribution in [2.24, 2.45) is 11.7 Å². The van der Waals surface area contributed by atoms with Crippen LogP contribution in [0.2, 0.25) is 0 Å². The van der Waals surface area contributed by atoms with E-state index in [1.165, 1.54) is 0 Å². The molecule has 1 aliphatic carbocycles. The van der Waals surface area contributed by atoms with Gasteiger partial charge in [-0.1, -0.05) is 11.3 Å². The molecule has 0 amide bonds. The first-order valence-electron chi connectivity index (χ1n) is 5.51. The molecule has 3 N–H and O–H groups in total. The molecule has 1 aromatic rings. The fourth-order valence-electron chi connectivity index (χ4n) is 2.47. The average Bonchev–Trinajstić information content (AvgIpc) is 2.92. The van der Waals surface area contributed by atoms with Crippen LogP contribution in [0, 0.1) is 5.92 Å². The SMILES string of the molecule is NC1C2CCOC2C1Nc1nnc(C(F)(F)F)s1. The second-order valence-electron chi connectivity index (χ2n) is 4.45. The van der Waals surface area contributed by atoms with Gasteiger partial charge in [-0.15, -0.1) is 10.2 Å². The van der Waals surface area contributed by atoms with Crippen molar-refractivity contribution in [3.05, 3.63) is 5.01 Å². The molecular formula is C9H11F3N4OS. The highest BCUT2D eigenvalue weighted by Crippen LogP contribution is 2.40. The Balaban J connectivity index is 1.68. The molecule has 2 fully saturated rings. The topological polar surface area (TPSA) is 73.1 Å². The Morgan fingerprint density at radius 1 is 1.39 bits per heavy atom. The number of nitrogens with zero attached hydrogens (tertiary/aromatic N) is 2. The van der Waals surface area contributed by atoms with Crippen LogP contribution in [0.4, 0.5) is 18.3 Å². The molecule has 1 saturated heterocycles. The standard InChI is InChI=1S/C9H11F3N4OS/c10-9(11,12)7-15-16-8(18-7)14-5-4(13)3-1-2-17-6(3)5/h3-6H,1-2,13H2,(H,14,16). The molecule has 0 aromatic carbocycles. The maximum atomic E-state index is 12.4. The van der Waals surface area contributed by atoms with Crippen molar-refractivity contribution >= 4 is 16.5 Å². The lowest BCUT2D eigenvalue weighted by Gasteiger charge is -2.45. The molecule has 2 aliphatic rings. The Labute approximate surface area is 105 Å². The number of rotatable bonds is 2. The zero-order valence-corrected chi connectivity index (χ0v) is 9.96. The van der Waals surface area contributed by atoms with E-state index < -0.39 is 11.2 Å². The van der Waals surface area contributed by atoms with Crippen LogP contribution in [0.3, 0.4) is 0 Å². The number of alkyl halides is 3. The summed E-state index contributed by atoms with van der Waals surface area (Å²) in [7, 11) is 0. The summed E-state index contributed by atoms with van der Waals surface area (Å²) in [5.74, 6) is 0.303. The number of nitrogens with one attached hydrogen (secondary N) is 1. The van der Waals surface area contributed by atoms with Crippen molar-refractivity contribution in [1.29, 1.82) is 0 Å².